The first-order valence-corrected chi connectivity index (χ1v) is 5.62. The second kappa shape index (κ2) is 3.58. The molecule has 0 spiro atoms. The molecule has 2 rings (SSSR count). The maximum Gasteiger partial charge on any atom is 0.0695 e. The van der Waals surface area contributed by atoms with E-state index in [2.05, 4.69) is 18.7 Å². The first kappa shape index (κ1) is 9.47. The molecule has 0 bridgehead atoms. The lowest BCUT2D eigenvalue weighted by molar-refractivity contribution is 0.0657. The zero-order valence-corrected chi connectivity index (χ0v) is 8.74. The predicted octanol–water partition coefficient (Wildman–Crippen LogP) is 1.63. The van der Waals surface area contributed by atoms with Gasteiger partial charge in [0.1, 0.15) is 0 Å². The van der Waals surface area contributed by atoms with Crippen molar-refractivity contribution in [2.24, 2.45) is 5.92 Å². The Morgan fingerprint density at radius 2 is 2.00 bits per heavy atom. The maximum absolute atomic E-state index is 9.81. The number of aliphatic hydroxyl groups is 1. The van der Waals surface area contributed by atoms with E-state index in [9.17, 15) is 5.11 Å². The van der Waals surface area contributed by atoms with Crippen LogP contribution in [0.3, 0.4) is 0 Å². The van der Waals surface area contributed by atoms with Gasteiger partial charge in [0.25, 0.3) is 0 Å². The molecule has 2 fully saturated rings. The summed E-state index contributed by atoms with van der Waals surface area (Å²) in [6.45, 7) is 5.81. The lowest BCUT2D eigenvalue weighted by Gasteiger charge is -2.30. The summed E-state index contributed by atoms with van der Waals surface area (Å²) in [5.74, 6) is 0.822. The fourth-order valence-corrected chi connectivity index (χ4v) is 3.10. The van der Waals surface area contributed by atoms with Gasteiger partial charge in [0.05, 0.1) is 6.10 Å². The lowest BCUT2D eigenvalue weighted by Crippen LogP contribution is -2.42. The van der Waals surface area contributed by atoms with E-state index < -0.39 is 0 Å². The Labute approximate surface area is 80.9 Å². The molecule has 1 aliphatic carbocycles. The quantitative estimate of drug-likeness (QED) is 0.668. The van der Waals surface area contributed by atoms with Crippen LogP contribution in [0.1, 0.15) is 39.5 Å². The molecule has 0 aromatic carbocycles. The number of hydrogen-bond donors (Lipinski definition) is 1. The summed E-state index contributed by atoms with van der Waals surface area (Å²) >= 11 is 0. The standard InChI is InChI=1S/C11H21NO/c1-8-6-9(2)12(7-8)10-4-3-5-11(10)13/h8-11,13H,3-7H2,1-2H3. The van der Waals surface area contributed by atoms with Gasteiger partial charge < -0.3 is 5.11 Å². The summed E-state index contributed by atoms with van der Waals surface area (Å²) in [4.78, 5) is 2.53. The highest BCUT2D eigenvalue weighted by molar-refractivity contribution is 4.92. The monoisotopic (exact) mass is 183 g/mol. The van der Waals surface area contributed by atoms with Gasteiger partial charge in [0, 0.05) is 18.6 Å². The number of rotatable bonds is 1. The van der Waals surface area contributed by atoms with E-state index >= 15 is 0 Å². The van der Waals surface area contributed by atoms with Gasteiger partial charge in [0.15, 0.2) is 0 Å². The number of nitrogens with zero attached hydrogens (tertiary/aromatic N) is 1. The molecule has 4 atom stereocenters. The van der Waals surface area contributed by atoms with Gasteiger partial charge >= 0.3 is 0 Å². The molecule has 1 saturated heterocycles. The van der Waals surface area contributed by atoms with Crippen LogP contribution in [0.25, 0.3) is 0 Å². The highest BCUT2D eigenvalue weighted by atomic mass is 16.3. The third-order valence-corrected chi connectivity index (χ3v) is 3.70. The number of likely N-dealkylation sites (tertiary alicyclic amines) is 1. The minimum Gasteiger partial charge on any atom is -0.391 e. The fourth-order valence-electron chi connectivity index (χ4n) is 3.10. The van der Waals surface area contributed by atoms with Gasteiger partial charge in [-0.1, -0.05) is 6.92 Å². The summed E-state index contributed by atoms with van der Waals surface area (Å²) in [5.41, 5.74) is 0. The molecule has 0 aromatic heterocycles. The molecule has 1 saturated carbocycles. The molecule has 76 valence electrons. The van der Waals surface area contributed by atoms with Gasteiger partial charge in [-0.2, -0.15) is 0 Å². The van der Waals surface area contributed by atoms with Crippen molar-refractivity contribution in [3.05, 3.63) is 0 Å². The summed E-state index contributed by atoms with van der Waals surface area (Å²) in [7, 11) is 0. The van der Waals surface area contributed by atoms with E-state index in [0.717, 1.165) is 12.3 Å². The van der Waals surface area contributed by atoms with Crippen molar-refractivity contribution in [2.45, 2.75) is 57.7 Å². The molecule has 4 unspecified atom stereocenters. The zero-order chi connectivity index (χ0) is 9.42. The Morgan fingerprint density at radius 1 is 1.23 bits per heavy atom. The smallest absolute Gasteiger partial charge is 0.0695 e. The molecular formula is C11H21NO. The summed E-state index contributed by atoms with van der Waals surface area (Å²) in [5, 5.41) is 9.81. The van der Waals surface area contributed by atoms with E-state index in [1.54, 1.807) is 0 Å². The van der Waals surface area contributed by atoms with E-state index in [4.69, 9.17) is 0 Å². The molecule has 2 nitrogen and oxygen atoms in total. The first-order valence-electron chi connectivity index (χ1n) is 5.62. The molecule has 2 aliphatic rings. The minimum absolute atomic E-state index is 0.0484. The largest absolute Gasteiger partial charge is 0.391 e. The molecule has 2 heteroatoms. The van der Waals surface area contributed by atoms with Crippen molar-refractivity contribution in [2.75, 3.05) is 6.54 Å². The Hall–Kier alpha value is -0.0800. The van der Waals surface area contributed by atoms with Crippen molar-refractivity contribution in [1.29, 1.82) is 0 Å². The second-order valence-electron chi connectivity index (χ2n) is 4.95. The van der Waals surface area contributed by atoms with E-state index in [0.29, 0.717) is 12.1 Å². The molecule has 0 radical (unpaired) electrons. The van der Waals surface area contributed by atoms with Crippen LogP contribution in [0.15, 0.2) is 0 Å². The maximum atomic E-state index is 9.81. The van der Waals surface area contributed by atoms with Gasteiger partial charge in [0.2, 0.25) is 0 Å². The average Bonchev–Trinajstić information content (AvgIpc) is 2.58. The van der Waals surface area contributed by atoms with E-state index in [1.807, 2.05) is 0 Å². The van der Waals surface area contributed by atoms with Crippen LogP contribution in [-0.4, -0.2) is 34.7 Å². The summed E-state index contributed by atoms with van der Waals surface area (Å²) in [6.07, 6.45) is 4.69. The summed E-state index contributed by atoms with van der Waals surface area (Å²) in [6, 6.07) is 1.16. The summed E-state index contributed by atoms with van der Waals surface area (Å²) < 4.78 is 0. The van der Waals surface area contributed by atoms with Crippen molar-refractivity contribution in [1.82, 2.24) is 4.90 Å². The van der Waals surface area contributed by atoms with Gasteiger partial charge in [-0.25, -0.2) is 0 Å². The third-order valence-electron chi connectivity index (χ3n) is 3.70. The minimum atomic E-state index is -0.0484. The highest BCUT2D eigenvalue weighted by Crippen LogP contribution is 2.32. The topological polar surface area (TPSA) is 23.5 Å². The van der Waals surface area contributed by atoms with Crippen LogP contribution >= 0.6 is 0 Å². The SMILES string of the molecule is CC1CC(C)N(C2CCCC2O)C1. The molecule has 0 aromatic rings. The van der Waals surface area contributed by atoms with Gasteiger partial charge in [-0.3, -0.25) is 4.90 Å². The zero-order valence-electron chi connectivity index (χ0n) is 8.74. The van der Waals surface area contributed by atoms with Crippen molar-refractivity contribution in [3.63, 3.8) is 0 Å². The van der Waals surface area contributed by atoms with Crippen LogP contribution in [0.5, 0.6) is 0 Å². The Balaban J connectivity index is 1.99. The third kappa shape index (κ3) is 1.75. The van der Waals surface area contributed by atoms with E-state index in [1.165, 1.54) is 25.8 Å². The van der Waals surface area contributed by atoms with Crippen LogP contribution in [0.4, 0.5) is 0 Å². The van der Waals surface area contributed by atoms with Gasteiger partial charge in [-0.05, 0) is 38.5 Å². The van der Waals surface area contributed by atoms with Crippen LogP contribution in [0, 0.1) is 5.92 Å². The van der Waals surface area contributed by atoms with Crippen molar-refractivity contribution < 1.29 is 5.11 Å². The van der Waals surface area contributed by atoms with Gasteiger partial charge in [-0.15, -0.1) is 0 Å². The number of aliphatic hydroxyl groups excluding tert-OH is 1. The molecule has 1 heterocycles. The first-order chi connectivity index (χ1) is 6.18. The average molecular weight is 183 g/mol. The lowest BCUT2D eigenvalue weighted by atomic mass is 10.1. The molecule has 1 aliphatic heterocycles. The normalized spacial score (nSPS) is 47.3. The molecule has 1 N–H and O–H groups in total. The second-order valence-corrected chi connectivity index (χ2v) is 4.95. The molecule has 0 amide bonds. The van der Waals surface area contributed by atoms with Crippen LogP contribution in [-0.2, 0) is 0 Å². The highest BCUT2D eigenvalue weighted by Gasteiger charge is 2.37. The Morgan fingerprint density at radius 3 is 2.46 bits per heavy atom. The fraction of sp³-hybridized carbons (Fsp3) is 1.00. The van der Waals surface area contributed by atoms with Crippen molar-refractivity contribution in [3.8, 4) is 0 Å². The predicted molar refractivity (Wildman–Crippen MR) is 53.6 cm³/mol. The van der Waals surface area contributed by atoms with Crippen LogP contribution < -0.4 is 0 Å². The van der Waals surface area contributed by atoms with Crippen molar-refractivity contribution >= 4 is 0 Å². The Kier molecular flexibility index (Phi) is 2.61. The van der Waals surface area contributed by atoms with Crippen LogP contribution in [0.2, 0.25) is 0 Å². The Bertz CT molecular complexity index is 183. The molecular weight excluding hydrogens is 162 g/mol. The number of hydrogen-bond acceptors (Lipinski definition) is 2. The van der Waals surface area contributed by atoms with E-state index in [-0.39, 0.29) is 6.10 Å². The molecule has 13 heavy (non-hydrogen) atoms.